The van der Waals surface area contributed by atoms with Gasteiger partial charge in [0, 0.05) is 32.3 Å². The Morgan fingerprint density at radius 3 is 2.54 bits per heavy atom. The third-order valence-corrected chi connectivity index (χ3v) is 3.74. The van der Waals surface area contributed by atoms with Gasteiger partial charge in [0.2, 0.25) is 5.91 Å². The van der Waals surface area contributed by atoms with E-state index in [9.17, 15) is 4.79 Å². The van der Waals surface area contributed by atoms with Crippen LogP contribution in [-0.2, 0) is 4.79 Å². The summed E-state index contributed by atoms with van der Waals surface area (Å²) in [6.45, 7) is 7.70. The second-order valence-corrected chi connectivity index (χ2v) is 5.52. The van der Waals surface area contributed by atoms with Gasteiger partial charge in [-0.3, -0.25) is 9.79 Å². The maximum atomic E-state index is 11.9. The fourth-order valence-electron chi connectivity index (χ4n) is 2.15. The Balaban J connectivity index is 0.00000529. The number of aliphatic imine (C=N–C) groups is 1. The van der Waals surface area contributed by atoms with E-state index >= 15 is 0 Å². The molecule has 1 rings (SSSR count). The van der Waals surface area contributed by atoms with Crippen LogP contribution in [0.4, 0.5) is 5.82 Å². The van der Waals surface area contributed by atoms with Gasteiger partial charge in [0.25, 0.3) is 0 Å². The highest BCUT2D eigenvalue weighted by molar-refractivity contribution is 14.0. The summed E-state index contributed by atoms with van der Waals surface area (Å²) in [4.78, 5) is 20.3. The minimum atomic E-state index is -0.0638. The molecule has 1 amide bonds. The third-order valence-electron chi connectivity index (χ3n) is 3.74. The van der Waals surface area contributed by atoms with Crippen molar-refractivity contribution in [3.8, 4) is 0 Å². The summed E-state index contributed by atoms with van der Waals surface area (Å²) in [6, 6.07) is 5.56. The molecular formula is C17H30IN5O. The fraction of sp³-hybridized carbons (Fsp3) is 0.588. The van der Waals surface area contributed by atoms with E-state index in [1.165, 1.54) is 0 Å². The zero-order valence-electron chi connectivity index (χ0n) is 15.1. The van der Waals surface area contributed by atoms with Crippen LogP contribution in [0.2, 0.25) is 0 Å². The Labute approximate surface area is 162 Å². The number of carbonyl (C=O) groups excluding carboxylic acids is 1. The van der Waals surface area contributed by atoms with Crippen molar-refractivity contribution in [1.82, 2.24) is 15.6 Å². The molecule has 0 saturated carbocycles. The van der Waals surface area contributed by atoms with E-state index < -0.39 is 0 Å². The molecule has 1 aromatic heterocycles. The minimum Gasteiger partial charge on any atom is -0.356 e. The molecule has 0 saturated heterocycles. The quantitative estimate of drug-likeness (QED) is 0.325. The van der Waals surface area contributed by atoms with E-state index in [1.807, 2.05) is 19.1 Å². The summed E-state index contributed by atoms with van der Waals surface area (Å²) < 4.78 is 0. The van der Waals surface area contributed by atoms with Crippen LogP contribution in [0.5, 0.6) is 0 Å². The smallest absolute Gasteiger partial charge is 0.227 e. The topological polar surface area (TPSA) is 78.4 Å². The number of pyridine rings is 1. The molecule has 0 bridgehead atoms. The van der Waals surface area contributed by atoms with Gasteiger partial charge in [-0.1, -0.05) is 32.8 Å². The van der Waals surface area contributed by atoms with Gasteiger partial charge < -0.3 is 16.0 Å². The van der Waals surface area contributed by atoms with E-state index in [0.717, 1.165) is 31.0 Å². The monoisotopic (exact) mass is 447 g/mol. The number of hydrogen-bond donors (Lipinski definition) is 3. The first-order chi connectivity index (χ1) is 11.1. The lowest BCUT2D eigenvalue weighted by Crippen LogP contribution is -2.40. The van der Waals surface area contributed by atoms with Crippen molar-refractivity contribution in [3.05, 3.63) is 23.9 Å². The third kappa shape index (κ3) is 9.05. The molecule has 0 aliphatic rings. The molecule has 0 atom stereocenters. The average Bonchev–Trinajstić information content (AvgIpc) is 2.54. The zero-order chi connectivity index (χ0) is 17.1. The molecule has 0 aliphatic carbocycles. The van der Waals surface area contributed by atoms with Crippen molar-refractivity contribution < 1.29 is 4.79 Å². The van der Waals surface area contributed by atoms with E-state index in [2.05, 4.69) is 39.8 Å². The Morgan fingerprint density at radius 1 is 1.25 bits per heavy atom. The predicted molar refractivity (Wildman–Crippen MR) is 111 cm³/mol. The normalized spacial score (nSPS) is 11.0. The SMILES string of the molecule is CCC(CC)CNC(=NC)NCCC(=O)Nc1cccc(C)n1.I. The molecule has 3 N–H and O–H groups in total. The number of aromatic nitrogens is 1. The summed E-state index contributed by atoms with van der Waals surface area (Å²) in [6.07, 6.45) is 2.65. The molecule has 24 heavy (non-hydrogen) atoms. The lowest BCUT2D eigenvalue weighted by molar-refractivity contribution is -0.116. The molecule has 1 heterocycles. The predicted octanol–water partition coefficient (Wildman–Crippen LogP) is 2.94. The van der Waals surface area contributed by atoms with E-state index in [1.54, 1.807) is 13.1 Å². The molecule has 0 spiro atoms. The molecular weight excluding hydrogens is 417 g/mol. The van der Waals surface area contributed by atoms with Gasteiger partial charge >= 0.3 is 0 Å². The highest BCUT2D eigenvalue weighted by atomic mass is 127. The van der Waals surface area contributed by atoms with Crippen LogP contribution in [0.25, 0.3) is 0 Å². The van der Waals surface area contributed by atoms with Gasteiger partial charge in [0.1, 0.15) is 5.82 Å². The fourth-order valence-corrected chi connectivity index (χ4v) is 2.15. The second kappa shape index (κ2) is 13.0. The maximum absolute atomic E-state index is 11.9. The number of nitrogens with zero attached hydrogens (tertiary/aromatic N) is 2. The molecule has 0 aliphatic heterocycles. The Kier molecular flexibility index (Phi) is 12.2. The summed E-state index contributed by atoms with van der Waals surface area (Å²) in [5.74, 6) is 1.90. The van der Waals surface area contributed by atoms with Crippen molar-refractivity contribution in [3.63, 3.8) is 0 Å². The molecule has 0 unspecified atom stereocenters. The van der Waals surface area contributed by atoms with Gasteiger partial charge in [-0.2, -0.15) is 0 Å². The zero-order valence-corrected chi connectivity index (χ0v) is 17.4. The van der Waals surface area contributed by atoms with E-state index in [-0.39, 0.29) is 29.9 Å². The van der Waals surface area contributed by atoms with Crippen LogP contribution < -0.4 is 16.0 Å². The van der Waals surface area contributed by atoms with Crippen molar-refractivity contribution in [2.45, 2.75) is 40.0 Å². The Hall–Kier alpha value is -1.38. The van der Waals surface area contributed by atoms with Crippen molar-refractivity contribution in [1.29, 1.82) is 0 Å². The minimum absolute atomic E-state index is 0. The number of guanidine groups is 1. The lowest BCUT2D eigenvalue weighted by atomic mass is 10.0. The van der Waals surface area contributed by atoms with Crippen molar-refractivity contribution in [2.75, 3.05) is 25.5 Å². The van der Waals surface area contributed by atoms with Crippen LogP contribution in [0.15, 0.2) is 23.2 Å². The molecule has 1 aromatic rings. The Bertz CT molecular complexity index is 517. The first-order valence-electron chi connectivity index (χ1n) is 8.27. The van der Waals surface area contributed by atoms with Gasteiger partial charge in [-0.25, -0.2) is 4.98 Å². The van der Waals surface area contributed by atoms with Gasteiger partial charge in [-0.05, 0) is 25.0 Å². The van der Waals surface area contributed by atoms with Crippen LogP contribution in [-0.4, -0.2) is 37.0 Å². The molecule has 6 nitrogen and oxygen atoms in total. The van der Waals surface area contributed by atoms with Gasteiger partial charge in [-0.15, -0.1) is 24.0 Å². The van der Waals surface area contributed by atoms with Gasteiger partial charge in [0.05, 0.1) is 0 Å². The number of rotatable bonds is 8. The number of anilines is 1. The Morgan fingerprint density at radius 2 is 1.96 bits per heavy atom. The highest BCUT2D eigenvalue weighted by Gasteiger charge is 2.06. The van der Waals surface area contributed by atoms with Gasteiger partial charge in [0.15, 0.2) is 5.96 Å². The molecule has 136 valence electrons. The number of nitrogens with one attached hydrogen (secondary N) is 3. The average molecular weight is 447 g/mol. The summed E-state index contributed by atoms with van der Waals surface area (Å²) in [7, 11) is 1.74. The molecule has 0 aromatic carbocycles. The van der Waals surface area contributed by atoms with Crippen LogP contribution in [0.1, 0.15) is 38.8 Å². The standard InChI is InChI=1S/C17H29N5O.HI/c1-5-14(6-2)12-20-17(18-4)19-11-10-16(23)22-15-9-7-8-13(3)21-15;/h7-9,14H,5-6,10-12H2,1-4H3,(H2,18,19,20)(H,21,22,23);1H. The van der Waals surface area contributed by atoms with E-state index in [0.29, 0.717) is 24.7 Å². The van der Waals surface area contributed by atoms with E-state index in [4.69, 9.17) is 0 Å². The molecule has 0 radical (unpaired) electrons. The van der Waals surface area contributed by atoms with Crippen LogP contribution in [0, 0.1) is 12.8 Å². The van der Waals surface area contributed by atoms with Crippen LogP contribution in [0.3, 0.4) is 0 Å². The number of halogens is 1. The first kappa shape index (κ1) is 22.6. The maximum Gasteiger partial charge on any atom is 0.227 e. The summed E-state index contributed by atoms with van der Waals surface area (Å²) >= 11 is 0. The first-order valence-corrected chi connectivity index (χ1v) is 8.27. The summed E-state index contributed by atoms with van der Waals surface area (Å²) in [5, 5.41) is 9.25. The molecule has 0 fully saturated rings. The van der Waals surface area contributed by atoms with Crippen molar-refractivity contribution >= 4 is 41.7 Å². The second-order valence-electron chi connectivity index (χ2n) is 5.52. The van der Waals surface area contributed by atoms with Crippen molar-refractivity contribution in [2.24, 2.45) is 10.9 Å². The summed E-state index contributed by atoms with van der Waals surface area (Å²) in [5.41, 5.74) is 0.881. The highest BCUT2D eigenvalue weighted by Crippen LogP contribution is 2.05. The number of amides is 1. The number of aryl methyl sites for hydroxylation is 1. The lowest BCUT2D eigenvalue weighted by Gasteiger charge is -2.16. The number of carbonyl (C=O) groups is 1. The van der Waals surface area contributed by atoms with Crippen LogP contribution >= 0.6 is 24.0 Å². The molecule has 7 heteroatoms. The number of hydrogen-bond acceptors (Lipinski definition) is 3. The largest absolute Gasteiger partial charge is 0.356 e.